The topological polar surface area (TPSA) is 92.5 Å². The number of halogens is 6. The minimum Gasteiger partial charge on any atom is -0.508 e. The number of nitrogens with zero attached hydrogens (tertiary/aromatic N) is 1. The van der Waals surface area contributed by atoms with Gasteiger partial charge >= 0.3 is 12.1 Å². The maximum absolute atomic E-state index is 13.6. The van der Waals surface area contributed by atoms with Crippen molar-refractivity contribution >= 4 is 33.1 Å². The summed E-state index contributed by atoms with van der Waals surface area (Å²) < 4.78 is 66.0. The quantitative estimate of drug-likeness (QED) is 0.233. The van der Waals surface area contributed by atoms with E-state index >= 15 is 0 Å². The van der Waals surface area contributed by atoms with Gasteiger partial charge < -0.3 is 10.4 Å². The van der Waals surface area contributed by atoms with Crippen LogP contribution in [0.4, 0.5) is 33.3 Å². The molecule has 2 N–H and O–H groups in total. The molecule has 0 radical (unpaired) electrons. The van der Waals surface area contributed by atoms with Gasteiger partial charge in [-0.05, 0) is 30.3 Å². The molecule has 0 fully saturated rings. The average Bonchev–Trinajstić information content (AvgIpc) is 2.66. The van der Waals surface area contributed by atoms with Crippen LogP contribution in [0, 0.1) is 10.1 Å². The van der Waals surface area contributed by atoms with Gasteiger partial charge in [0, 0.05) is 46.1 Å². The Morgan fingerprint density at radius 3 is 2.27 bits per heavy atom. The molecule has 160 valence electrons. The van der Waals surface area contributed by atoms with Gasteiger partial charge in [-0.2, -0.15) is 22.0 Å². The highest BCUT2D eigenvalue weighted by molar-refractivity contribution is 9.10. The molecule has 0 bridgehead atoms. The molecule has 2 rings (SSSR count). The molecule has 0 aliphatic heterocycles. The van der Waals surface area contributed by atoms with E-state index in [1.807, 2.05) is 0 Å². The van der Waals surface area contributed by atoms with Gasteiger partial charge in [-0.25, -0.2) is 0 Å². The van der Waals surface area contributed by atoms with Crippen molar-refractivity contribution in [2.24, 2.45) is 0 Å². The summed E-state index contributed by atoms with van der Waals surface area (Å²) in [7, 11) is 0. The van der Waals surface area contributed by atoms with E-state index in [0.717, 1.165) is 18.2 Å². The molecule has 0 spiro atoms. The number of carbonyl (C=O) groups is 1. The molecule has 12 heteroatoms. The summed E-state index contributed by atoms with van der Waals surface area (Å²) in [5.74, 6) is -8.86. The lowest BCUT2D eigenvalue weighted by Crippen LogP contribution is -2.45. The highest BCUT2D eigenvalue weighted by atomic mass is 79.9. The fraction of sp³-hybridized carbons (Fsp3) is 0.167. The monoisotopic (exact) mass is 494 g/mol. The number of anilines is 1. The zero-order chi connectivity index (χ0) is 22.7. The van der Waals surface area contributed by atoms with Gasteiger partial charge in [0.25, 0.3) is 5.69 Å². The number of rotatable bonds is 7. The Balaban J connectivity index is 2.47. The smallest absolute Gasteiger partial charge is 0.461 e. The third-order valence-corrected chi connectivity index (χ3v) is 4.37. The summed E-state index contributed by atoms with van der Waals surface area (Å²) in [5, 5.41) is 23.1. The fourth-order valence-electron chi connectivity index (χ4n) is 2.28. The number of nitro benzene ring substituents is 1. The molecule has 0 amide bonds. The third-order valence-electron chi connectivity index (χ3n) is 3.84. The Labute approximate surface area is 174 Å². The first-order valence-corrected chi connectivity index (χ1v) is 8.79. The van der Waals surface area contributed by atoms with E-state index in [-0.39, 0.29) is 11.3 Å². The number of alkyl halides is 5. The number of hydrogen-bond donors (Lipinski definition) is 2. The second-order valence-corrected chi connectivity index (χ2v) is 6.88. The van der Waals surface area contributed by atoms with E-state index < -0.39 is 46.2 Å². The number of ketones is 1. The average molecular weight is 495 g/mol. The lowest BCUT2D eigenvalue weighted by molar-refractivity contribution is -0.384. The Morgan fingerprint density at radius 1 is 1.13 bits per heavy atom. The predicted octanol–water partition coefficient (Wildman–Crippen LogP) is 5.37. The molecule has 0 aliphatic carbocycles. The minimum atomic E-state index is -6.15. The van der Waals surface area contributed by atoms with Crippen LogP contribution in [0.5, 0.6) is 5.75 Å². The minimum absolute atomic E-state index is 0.266. The zero-order valence-corrected chi connectivity index (χ0v) is 16.3. The van der Waals surface area contributed by atoms with Gasteiger partial charge in [-0.1, -0.05) is 15.9 Å². The van der Waals surface area contributed by atoms with Crippen molar-refractivity contribution in [1.29, 1.82) is 0 Å². The molecule has 0 atom stereocenters. The van der Waals surface area contributed by atoms with Gasteiger partial charge in [0.2, 0.25) is 5.78 Å². The first kappa shape index (κ1) is 23.3. The van der Waals surface area contributed by atoms with Crippen LogP contribution in [0.1, 0.15) is 5.56 Å². The van der Waals surface area contributed by atoms with Crippen LogP contribution in [-0.4, -0.2) is 27.9 Å². The van der Waals surface area contributed by atoms with Crippen molar-refractivity contribution < 1.29 is 36.8 Å². The largest absolute Gasteiger partial charge is 0.508 e. The summed E-state index contributed by atoms with van der Waals surface area (Å²) >= 11 is 3.16. The van der Waals surface area contributed by atoms with E-state index in [2.05, 4.69) is 21.2 Å². The van der Waals surface area contributed by atoms with Crippen molar-refractivity contribution in [3.63, 3.8) is 0 Å². The summed E-state index contributed by atoms with van der Waals surface area (Å²) in [6.45, 7) is 0. The van der Waals surface area contributed by atoms with E-state index in [0.29, 0.717) is 10.7 Å². The highest BCUT2D eigenvalue weighted by Crippen LogP contribution is 2.39. The Kier molecular flexibility index (Phi) is 6.80. The maximum atomic E-state index is 13.6. The zero-order valence-electron chi connectivity index (χ0n) is 14.7. The van der Waals surface area contributed by atoms with Crippen LogP contribution in [0.25, 0.3) is 0 Å². The molecule has 0 unspecified atom stereocenters. The van der Waals surface area contributed by atoms with Gasteiger partial charge in [0.1, 0.15) is 5.75 Å². The molecule has 0 aliphatic rings. The number of benzene rings is 2. The Morgan fingerprint density at radius 2 is 1.73 bits per heavy atom. The second kappa shape index (κ2) is 8.78. The summed E-state index contributed by atoms with van der Waals surface area (Å²) in [4.78, 5) is 22.0. The van der Waals surface area contributed by atoms with Crippen molar-refractivity contribution in [3.8, 4) is 5.75 Å². The lowest BCUT2D eigenvalue weighted by Gasteiger charge is -2.20. The summed E-state index contributed by atoms with van der Waals surface area (Å²) in [6, 6.07) is 8.57. The number of carbonyl (C=O) groups excluding carboxylic acids is 1. The number of Topliss-reactive ketones (excluding diaryl/α,β-unsaturated/α-hetero) is 1. The number of phenols is 1. The number of nitro groups is 1. The second-order valence-electron chi connectivity index (χ2n) is 5.97. The number of aromatic hydroxyl groups is 1. The van der Waals surface area contributed by atoms with Gasteiger partial charge in [0.15, 0.2) is 0 Å². The SMILES string of the molecule is O=C(/C(=C/Nc1ccc(Br)cc1)Cc1cc([N+](=O)[O-])ccc1O)C(F)(F)C(F)(F)F. The molecule has 6 nitrogen and oxygen atoms in total. The van der Waals surface area contributed by atoms with Crippen LogP contribution in [0.3, 0.4) is 0 Å². The standard InChI is InChI=1S/C18H12BrF5N2O4/c19-12-1-3-13(4-2-12)25-9-11(16(28)17(20,21)18(22,23)24)7-10-8-14(26(29)30)5-6-15(10)27/h1-6,8-9,25,27H,7H2/b11-9+. The molecule has 0 heterocycles. The van der Waals surface area contributed by atoms with Crippen molar-refractivity contribution in [2.75, 3.05) is 5.32 Å². The van der Waals surface area contributed by atoms with Crippen molar-refractivity contribution in [3.05, 3.63) is 74.4 Å². The first-order chi connectivity index (χ1) is 13.8. The molecule has 2 aromatic carbocycles. The van der Waals surface area contributed by atoms with Crippen LogP contribution < -0.4 is 5.32 Å². The Hall–Kier alpha value is -3.02. The number of nitrogens with one attached hydrogen (secondary N) is 1. The first-order valence-electron chi connectivity index (χ1n) is 7.99. The number of non-ortho nitro benzene ring substituents is 1. The van der Waals surface area contributed by atoms with Gasteiger partial charge in [-0.15, -0.1) is 0 Å². The van der Waals surface area contributed by atoms with Crippen LogP contribution in [0.2, 0.25) is 0 Å². The van der Waals surface area contributed by atoms with Crippen LogP contribution in [0.15, 0.2) is 58.7 Å². The molecule has 2 aromatic rings. The molecule has 0 aromatic heterocycles. The van der Waals surface area contributed by atoms with Gasteiger partial charge in [-0.3, -0.25) is 14.9 Å². The molecular weight excluding hydrogens is 483 g/mol. The summed E-state index contributed by atoms with van der Waals surface area (Å²) in [6.07, 6.45) is -6.42. The van der Waals surface area contributed by atoms with Crippen LogP contribution >= 0.6 is 15.9 Å². The predicted molar refractivity (Wildman–Crippen MR) is 100 cm³/mol. The molecule has 0 saturated carbocycles. The van der Waals surface area contributed by atoms with E-state index in [1.54, 1.807) is 12.1 Å². The normalized spacial score (nSPS) is 12.5. The van der Waals surface area contributed by atoms with Crippen molar-refractivity contribution in [1.82, 2.24) is 0 Å². The number of phenolic OH excluding ortho intramolecular Hbond substituents is 1. The summed E-state index contributed by atoms with van der Waals surface area (Å²) in [5.41, 5.74) is -1.70. The van der Waals surface area contributed by atoms with Crippen molar-refractivity contribution in [2.45, 2.75) is 18.5 Å². The number of hydrogen-bond acceptors (Lipinski definition) is 5. The molecule has 0 saturated heterocycles. The van der Waals surface area contributed by atoms with E-state index in [1.165, 1.54) is 12.1 Å². The third kappa shape index (κ3) is 5.32. The maximum Gasteiger partial charge on any atom is 0.461 e. The van der Waals surface area contributed by atoms with Crippen LogP contribution in [-0.2, 0) is 11.2 Å². The van der Waals surface area contributed by atoms with E-state index in [9.17, 15) is 42.0 Å². The van der Waals surface area contributed by atoms with E-state index in [4.69, 9.17) is 0 Å². The molecular formula is C18H12BrF5N2O4. The lowest BCUT2D eigenvalue weighted by atomic mass is 9.97. The number of allylic oxidation sites excluding steroid dienone is 1. The Bertz CT molecular complexity index is 991. The fourth-order valence-corrected chi connectivity index (χ4v) is 2.54. The highest BCUT2D eigenvalue weighted by Gasteiger charge is 2.63. The molecule has 30 heavy (non-hydrogen) atoms. The van der Waals surface area contributed by atoms with Gasteiger partial charge in [0.05, 0.1) is 4.92 Å².